The molecule has 0 radical (unpaired) electrons. The lowest BCUT2D eigenvalue weighted by Crippen LogP contribution is -2.15. The summed E-state index contributed by atoms with van der Waals surface area (Å²) in [5, 5.41) is 2.93. The Morgan fingerprint density at radius 2 is 2.08 bits per heavy atom. The number of nitrogens with one attached hydrogen (secondary N) is 1. The number of anilines is 2. The highest BCUT2D eigenvalue weighted by molar-refractivity contribution is 5.94. The molecule has 1 unspecified atom stereocenters. The van der Waals surface area contributed by atoms with Crippen LogP contribution in [0.15, 0.2) is 36.4 Å². The van der Waals surface area contributed by atoms with E-state index in [4.69, 9.17) is 15.2 Å². The summed E-state index contributed by atoms with van der Waals surface area (Å²) in [6.45, 7) is 4.49. The summed E-state index contributed by atoms with van der Waals surface area (Å²) in [6.07, 6.45) is 1.28. The van der Waals surface area contributed by atoms with Crippen LogP contribution >= 0.6 is 0 Å². The van der Waals surface area contributed by atoms with Crippen LogP contribution in [0.3, 0.4) is 0 Å². The molecule has 5 heteroatoms. The lowest BCUT2D eigenvalue weighted by molar-refractivity contribution is -0.115. The minimum Gasteiger partial charge on any atom is -0.492 e. The lowest BCUT2D eigenvalue weighted by atomic mass is 10.1. The molecule has 24 heavy (non-hydrogen) atoms. The summed E-state index contributed by atoms with van der Waals surface area (Å²) in [5.41, 5.74) is 9.01. The number of fused-ring (bicyclic) bond motifs is 1. The van der Waals surface area contributed by atoms with Gasteiger partial charge in [0, 0.05) is 23.7 Å². The van der Waals surface area contributed by atoms with Gasteiger partial charge in [0.2, 0.25) is 5.91 Å². The van der Waals surface area contributed by atoms with Crippen LogP contribution in [0.1, 0.15) is 25.0 Å². The Bertz CT molecular complexity index is 741. The quantitative estimate of drug-likeness (QED) is 0.828. The second-order valence-corrected chi connectivity index (χ2v) is 5.99. The smallest absolute Gasteiger partial charge is 0.228 e. The number of nitrogens with two attached hydrogens (primary N) is 1. The van der Waals surface area contributed by atoms with Gasteiger partial charge in [0.1, 0.15) is 17.6 Å². The zero-order valence-corrected chi connectivity index (χ0v) is 14.0. The lowest BCUT2D eigenvalue weighted by Gasteiger charge is -2.13. The van der Waals surface area contributed by atoms with Gasteiger partial charge >= 0.3 is 0 Å². The zero-order chi connectivity index (χ0) is 17.1. The molecule has 0 fully saturated rings. The van der Waals surface area contributed by atoms with E-state index in [1.165, 1.54) is 0 Å². The molecule has 3 rings (SSSR count). The highest BCUT2D eigenvalue weighted by Crippen LogP contribution is 2.38. The van der Waals surface area contributed by atoms with Crippen molar-refractivity contribution in [3.63, 3.8) is 0 Å². The summed E-state index contributed by atoms with van der Waals surface area (Å²) in [5.74, 6) is 1.39. The van der Waals surface area contributed by atoms with Crippen molar-refractivity contribution in [2.24, 2.45) is 0 Å². The van der Waals surface area contributed by atoms with Crippen LogP contribution in [0.2, 0.25) is 0 Å². The predicted octanol–water partition coefficient (Wildman–Crippen LogP) is 3.17. The number of hydrogen-bond donors (Lipinski definition) is 2. The third kappa shape index (κ3) is 3.62. The third-order valence-corrected chi connectivity index (χ3v) is 3.92. The number of hydrogen-bond acceptors (Lipinski definition) is 4. The van der Waals surface area contributed by atoms with Gasteiger partial charge < -0.3 is 20.5 Å². The van der Waals surface area contributed by atoms with Gasteiger partial charge in [-0.3, -0.25) is 4.79 Å². The summed E-state index contributed by atoms with van der Waals surface area (Å²) in [4.78, 5) is 12.3. The minimum atomic E-state index is -0.105. The number of carbonyl (C=O) groups excluding carboxylic acids is 1. The molecule has 126 valence electrons. The highest BCUT2D eigenvalue weighted by Gasteiger charge is 2.22. The van der Waals surface area contributed by atoms with E-state index in [1.54, 1.807) is 12.1 Å². The summed E-state index contributed by atoms with van der Waals surface area (Å²) in [7, 11) is 0. The number of nitrogen functional groups attached to an aromatic ring is 1. The molecule has 0 saturated carbocycles. The van der Waals surface area contributed by atoms with E-state index in [0.717, 1.165) is 23.3 Å². The molecule has 2 aromatic carbocycles. The number of amides is 1. The Morgan fingerprint density at radius 3 is 2.79 bits per heavy atom. The van der Waals surface area contributed by atoms with Crippen LogP contribution in [-0.4, -0.2) is 18.6 Å². The van der Waals surface area contributed by atoms with E-state index in [9.17, 15) is 4.79 Å². The maximum Gasteiger partial charge on any atom is 0.228 e. The molecule has 3 N–H and O–H groups in total. The number of benzene rings is 2. The first-order valence-corrected chi connectivity index (χ1v) is 8.15. The van der Waals surface area contributed by atoms with Crippen molar-refractivity contribution in [2.75, 3.05) is 17.7 Å². The van der Waals surface area contributed by atoms with Crippen molar-refractivity contribution in [2.45, 2.75) is 32.8 Å². The summed E-state index contributed by atoms with van der Waals surface area (Å²) < 4.78 is 11.5. The van der Waals surface area contributed by atoms with Gasteiger partial charge in [-0.25, -0.2) is 0 Å². The average Bonchev–Trinajstić information content (AvgIpc) is 2.89. The Kier molecular flexibility index (Phi) is 4.60. The van der Waals surface area contributed by atoms with E-state index in [0.29, 0.717) is 23.7 Å². The second kappa shape index (κ2) is 6.83. The van der Waals surface area contributed by atoms with Crippen LogP contribution < -0.4 is 20.5 Å². The molecule has 0 bridgehead atoms. The van der Waals surface area contributed by atoms with Gasteiger partial charge in [-0.2, -0.15) is 0 Å². The Labute approximate surface area is 141 Å². The molecule has 1 atom stereocenters. The summed E-state index contributed by atoms with van der Waals surface area (Å²) in [6, 6.07) is 11.1. The molecule has 5 nitrogen and oxygen atoms in total. The average molecular weight is 326 g/mol. The first-order valence-electron chi connectivity index (χ1n) is 8.15. The molecule has 0 aromatic heterocycles. The second-order valence-electron chi connectivity index (χ2n) is 5.99. The van der Waals surface area contributed by atoms with E-state index in [-0.39, 0.29) is 18.4 Å². The van der Waals surface area contributed by atoms with Crippen LogP contribution in [0.5, 0.6) is 11.5 Å². The number of rotatable bonds is 5. The van der Waals surface area contributed by atoms with Gasteiger partial charge in [-0.1, -0.05) is 12.1 Å². The van der Waals surface area contributed by atoms with Crippen molar-refractivity contribution in [3.05, 3.63) is 47.5 Å². The van der Waals surface area contributed by atoms with Gasteiger partial charge in [0.15, 0.2) is 0 Å². The van der Waals surface area contributed by atoms with Crippen LogP contribution in [0.25, 0.3) is 0 Å². The molecular formula is C19H22N2O3. The maximum absolute atomic E-state index is 12.3. The molecule has 1 amide bonds. The first-order chi connectivity index (χ1) is 11.5. The van der Waals surface area contributed by atoms with Gasteiger partial charge in [0.25, 0.3) is 0 Å². The molecule has 2 aromatic rings. The van der Waals surface area contributed by atoms with Gasteiger partial charge in [-0.15, -0.1) is 0 Å². The number of carbonyl (C=O) groups is 1. The summed E-state index contributed by atoms with van der Waals surface area (Å²) >= 11 is 0. The molecule has 0 saturated heterocycles. The molecule has 0 spiro atoms. The third-order valence-electron chi connectivity index (χ3n) is 3.92. The van der Waals surface area contributed by atoms with E-state index in [1.807, 2.05) is 38.1 Å². The molecule has 1 aliphatic heterocycles. The maximum atomic E-state index is 12.3. The topological polar surface area (TPSA) is 73.6 Å². The molecule has 0 aliphatic carbocycles. The largest absolute Gasteiger partial charge is 0.492 e. The zero-order valence-electron chi connectivity index (χ0n) is 14.0. The standard InChI is InChI=1S/C19H22N2O3/c1-3-23-18-10-14-8-12(2)24-17(14)11-16(18)21-19(22)9-13-4-6-15(20)7-5-13/h4-7,10-12H,3,8-9,20H2,1-2H3,(H,21,22). The SMILES string of the molecule is CCOc1cc2c(cc1NC(=O)Cc1ccc(N)cc1)OC(C)C2. The van der Waals surface area contributed by atoms with E-state index < -0.39 is 0 Å². The predicted molar refractivity (Wildman–Crippen MR) is 94.6 cm³/mol. The molecule has 1 aliphatic rings. The van der Waals surface area contributed by atoms with E-state index >= 15 is 0 Å². The minimum absolute atomic E-state index is 0.105. The van der Waals surface area contributed by atoms with Crippen LogP contribution in [-0.2, 0) is 17.6 Å². The molecular weight excluding hydrogens is 304 g/mol. The Hall–Kier alpha value is -2.69. The fraction of sp³-hybridized carbons (Fsp3) is 0.316. The normalized spacial score (nSPS) is 15.5. The fourth-order valence-corrected chi connectivity index (χ4v) is 2.83. The van der Waals surface area contributed by atoms with Crippen molar-refractivity contribution >= 4 is 17.3 Å². The number of ether oxygens (including phenoxy) is 2. The van der Waals surface area contributed by atoms with Gasteiger partial charge in [-0.05, 0) is 37.6 Å². The van der Waals surface area contributed by atoms with E-state index in [2.05, 4.69) is 5.32 Å². The van der Waals surface area contributed by atoms with Crippen LogP contribution in [0.4, 0.5) is 11.4 Å². The first kappa shape index (κ1) is 16.2. The van der Waals surface area contributed by atoms with Crippen molar-refractivity contribution < 1.29 is 14.3 Å². The van der Waals surface area contributed by atoms with Crippen molar-refractivity contribution in [1.29, 1.82) is 0 Å². The Morgan fingerprint density at radius 1 is 1.33 bits per heavy atom. The fourth-order valence-electron chi connectivity index (χ4n) is 2.83. The van der Waals surface area contributed by atoms with Crippen molar-refractivity contribution in [3.8, 4) is 11.5 Å². The molecule has 1 heterocycles. The van der Waals surface area contributed by atoms with Gasteiger partial charge in [0.05, 0.1) is 18.7 Å². The van der Waals surface area contributed by atoms with Crippen LogP contribution in [0, 0.1) is 0 Å². The Balaban J connectivity index is 1.77. The monoisotopic (exact) mass is 326 g/mol. The highest BCUT2D eigenvalue weighted by atomic mass is 16.5. The van der Waals surface area contributed by atoms with Crippen molar-refractivity contribution in [1.82, 2.24) is 0 Å².